The summed E-state index contributed by atoms with van der Waals surface area (Å²) in [4.78, 5) is 43.6. The van der Waals surface area contributed by atoms with Crippen LogP contribution in [0.1, 0.15) is 27.4 Å². The van der Waals surface area contributed by atoms with E-state index in [1.807, 2.05) is 0 Å². The quantitative estimate of drug-likeness (QED) is 0.0989. The van der Waals surface area contributed by atoms with Crippen LogP contribution in [0.15, 0.2) is 34.5 Å². The van der Waals surface area contributed by atoms with Crippen LogP contribution >= 0.6 is 0 Å². The Morgan fingerprint density at radius 3 is 2.08 bits per heavy atom. The number of nitrogens with zero attached hydrogens (tertiary/aromatic N) is 4. The summed E-state index contributed by atoms with van der Waals surface area (Å²) in [7, 11) is -1.32. The fourth-order valence-corrected chi connectivity index (χ4v) is 2.65. The number of aryl methyl sites for hydroxylation is 2. The van der Waals surface area contributed by atoms with Crippen LogP contribution in [0.5, 0.6) is 0 Å². The number of nitrogens with two attached hydrogens (primary N) is 4. The molecule has 2 rings (SSSR count). The van der Waals surface area contributed by atoms with Crippen molar-refractivity contribution in [3.63, 3.8) is 0 Å². The average molecular weight is 529 g/mol. The molecule has 17 nitrogen and oxygen atoms in total. The zero-order valence-electron chi connectivity index (χ0n) is 19.4. The minimum absolute atomic E-state index is 0.0348. The molecule has 0 atom stereocenters. The van der Waals surface area contributed by atoms with Crippen molar-refractivity contribution in [2.45, 2.75) is 6.42 Å². The van der Waals surface area contributed by atoms with E-state index in [0.717, 1.165) is 0 Å². The van der Waals surface area contributed by atoms with E-state index >= 15 is 0 Å². The number of amides is 3. The van der Waals surface area contributed by atoms with Crippen LogP contribution in [0.3, 0.4) is 0 Å². The molecule has 0 saturated carbocycles. The van der Waals surface area contributed by atoms with Gasteiger partial charge in [0.25, 0.3) is 11.8 Å². The molecule has 36 heavy (non-hydrogen) atoms. The fraction of sp³-hybridized carbons (Fsp3) is 0.278. The number of nitrogens with one attached hydrogen (secondary N) is 2. The SMILES string of the molecule is Cn1cc(NC(=O)c2cc(N=C(N)CN=C(N)N)cn2C)cc1C(=O)NCCC(N)=O.O=S(=O)(O)O. The molecule has 0 unspecified atom stereocenters. The first-order chi connectivity index (χ1) is 16.6. The molecule has 0 aliphatic rings. The maximum Gasteiger partial charge on any atom is 0.394 e. The van der Waals surface area contributed by atoms with Gasteiger partial charge in [-0.2, -0.15) is 8.42 Å². The molecule has 0 aromatic carbocycles. The smallest absolute Gasteiger partial charge is 0.386 e. The van der Waals surface area contributed by atoms with E-state index < -0.39 is 28.1 Å². The minimum atomic E-state index is -4.67. The highest BCUT2D eigenvalue weighted by Crippen LogP contribution is 2.19. The summed E-state index contributed by atoms with van der Waals surface area (Å²) >= 11 is 0. The molecular formula is C18H28N10O7S. The van der Waals surface area contributed by atoms with Crippen molar-refractivity contribution >= 4 is 51.3 Å². The molecule has 2 aromatic heterocycles. The third kappa shape index (κ3) is 11.1. The van der Waals surface area contributed by atoms with Gasteiger partial charge in [-0.15, -0.1) is 0 Å². The zero-order valence-corrected chi connectivity index (χ0v) is 20.2. The molecule has 2 aromatic rings. The van der Waals surface area contributed by atoms with Gasteiger partial charge in [-0.05, 0) is 12.1 Å². The highest BCUT2D eigenvalue weighted by atomic mass is 32.3. The van der Waals surface area contributed by atoms with Crippen molar-refractivity contribution in [1.29, 1.82) is 0 Å². The van der Waals surface area contributed by atoms with Crippen LogP contribution in [0.4, 0.5) is 11.4 Å². The first kappa shape index (κ1) is 29.6. The lowest BCUT2D eigenvalue weighted by Gasteiger charge is -2.04. The van der Waals surface area contributed by atoms with Gasteiger partial charge >= 0.3 is 10.4 Å². The van der Waals surface area contributed by atoms with Crippen molar-refractivity contribution in [1.82, 2.24) is 14.5 Å². The van der Waals surface area contributed by atoms with Crippen LogP contribution < -0.4 is 33.6 Å². The Bertz CT molecular complexity index is 1270. The summed E-state index contributed by atoms with van der Waals surface area (Å²) in [5.74, 6) is -1.23. The van der Waals surface area contributed by atoms with Crippen LogP contribution in [-0.4, -0.2) is 69.3 Å². The lowest BCUT2D eigenvalue weighted by Crippen LogP contribution is -2.29. The van der Waals surface area contributed by atoms with Crippen molar-refractivity contribution in [2.75, 3.05) is 18.4 Å². The molecule has 0 spiro atoms. The number of hydrogen-bond acceptors (Lipinski definition) is 7. The molecule has 18 heteroatoms. The second-order valence-electron chi connectivity index (χ2n) is 7.14. The van der Waals surface area contributed by atoms with E-state index in [1.165, 1.54) is 6.07 Å². The summed E-state index contributed by atoms with van der Waals surface area (Å²) in [6.07, 6.45) is 3.25. The van der Waals surface area contributed by atoms with E-state index in [0.29, 0.717) is 22.8 Å². The predicted octanol–water partition coefficient (Wildman–Crippen LogP) is -2.17. The van der Waals surface area contributed by atoms with E-state index in [4.69, 9.17) is 40.5 Å². The third-order valence-electron chi connectivity index (χ3n) is 4.07. The van der Waals surface area contributed by atoms with E-state index in [9.17, 15) is 14.4 Å². The molecule has 0 fully saturated rings. The van der Waals surface area contributed by atoms with Crippen molar-refractivity contribution < 1.29 is 31.9 Å². The van der Waals surface area contributed by atoms with E-state index in [1.54, 1.807) is 41.7 Å². The second kappa shape index (κ2) is 12.9. The lowest BCUT2D eigenvalue weighted by atomic mass is 10.3. The number of aliphatic imine (C=N–C) groups is 2. The highest BCUT2D eigenvalue weighted by molar-refractivity contribution is 7.79. The Morgan fingerprint density at radius 2 is 1.53 bits per heavy atom. The standard InChI is InChI=1S/C18H26N10O3.H2O4S/c1-27-9-11(6-12(27)16(30)23-4-3-15(20)29)26-17(31)13-5-10(8-28(13)2)25-14(19)7-24-18(21)22;1-5(2,3)4/h5-6,8-9H,3-4,7H2,1-2H3,(H2,19,25)(H2,20,29)(H,23,30)(H,26,31)(H4,21,22,24);(H2,1,2,3,4). The van der Waals surface area contributed by atoms with Gasteiger partial charge in [0.2, 0.25) is 5.91 Å². The maximum atomic E-state index is 12.7. The number of rotatable bonds is 9. The van der Waals surface area contributed by atoms with E-state index in [2.05, 4.69) is 20.6 Å². The Labute approximate surface area is 205 Å². The molecule has 0 saturated heterocycles. The topological polar surface area (TPSA) is 289 Å². The van der Waals surface area contributed by atoms with Gasteiger partial charge in [0.05, 0.1) is 11.4 Å². The number of guanidine groups is 1. The number of carbonyl (C=O) groups excluding carboxylic acids is 3. The second-order valence-corrected chi connectivity index (χ2v) is 8.03. The maximum absolute atomic E-state index is 12.7. The van der Waals surface area contributed by atoms with Crippen LogP contribution in [0.2, 0.25) is 0 Å². The molecular weight excluding hydrogens is 500 g/mol. The summed E-state index contributed by atoms with van der Waals surface area (Å²) < 4.78 is 34.7. The van der Waals surface area contributed by atoms with Crippen molar-refractivity contribution in [3.8, 4) is 0 Å². The predicted molar refractivity (Wildman–Crippen MR) is 131 cm³/mol. The summed E-state index contributed by atoms with van der Waals surface area (Å²) in [6.45, 7) is 0.160. The number of primary amides is 1. The number of anilines is 1. The number of hydrogen-bond donors (Lipinski definition) is 8. The first-order valence-electron chi connectivity index (χ1n) is 9.85. The van der Waals surface area contributed by atoms with Gasteiger partial charge < -0.3 is 42.7 Å². The summed E-state index contributed by atoms with van der Waals surface area (Å²) in [5.41, 5.74) is 22.8. The van der Waals surface area contributed by atoms with Gasteiger partial charge in [0.1, 0.15) is 23.8 Å². The normalized spacial score (nSPS) is 11.2. The molecule has 198 valence electrons. The number of amidine groups is 1. The van der Waals surface area contributed by atoms with Crippen LogP contribution in [0, 0.1) is 0 Å². The summed E-state index contributed by atoms with van der Waals surface area (Å²) in [5, 5.41) is 5.32. The molecule has 2 heterocycles. The highest BCUT2D eigenvalue weighted by Gasteiger charge is 2.16. The first-order valence-corrected chi connectivity index (χ1v) is 11.3. The van der Waals surface area contributed by atoms with Gasteiger partial charge in [0.15, 0.2) is 5.96 Å². The third-order valence-corrected chi connectivity index (χ3v) is 4.07. The molecule has 0 aliphatic carbocycles. The molecule has 0 radical (unpaired) electrons. The summed E-state index contributed by atoms with van der Waals surface area (Å²) in [6, 6.07) is 3.07. The van der Waals surface area contributed by atoms with Gasteiger partial charge in [-0.25, -0.2) is 9.98 Å². The van der Waals surface area contributed by atoms with Crippen molar-refractivity contribution in [3.05, 3.63) is 35.9 Å². The van der Waals surface area contributed by atoms with E-state index in [-0.39, 0.29) is 31.3 Å². The number of aromatic nitrogens is 2. The lowest BCUT2D eigenvalue weighted by molar-refractivity contribution is -0.117. The zero-order chi connectivity index (χ0) is 27.6. The van der Waals surface area contributed by atoms with Crippen molar-refractivity contribution in [2.24, 2.45) is 47.0 Å². The van der Waals surface area contributed by atoms with Crippen LogP contribution in [-0.2, 0) is 29.3 Å². The van der Waals surface area contributed by atoms with Gasteiger partial charge in [-0.1, -0.05) is 0 Å². The van der Waals surface area contributed by atoms with Gasteiger partial charge in [-0.3, -0.25) is 23.5 Å². The van der Waals surface area contributed by atoms with Crippen LogP contribution in [0.25, 0.3) is 0 Å². The Balaban J connectivity index is 0.00000118. The molecule has 3 amide bonds. The molecule has 12 N–H and O–H groups in total. The largest absolute Gasteiger partial charge is 0.394 e. The molecule has 0 bridgehead atoms. The number of carbonyl (C=O) groups is 3. The minimum Gasteiger partial charge on any atom is -0.386 e. The van der Waals surface area contributed by atoms with Gasteiger partial charge in [0, 0.05) is 39.5 Å². The molecule has 0 aliphatic heterocycles. The average Bonchev–Trinajstić information content (AvgIpc) is 3.26. The Hall–Kier alpha value is -4.42. The fourth-order valence-electron chi connectivity index (χ4n) is 2.65. The monoisotopic (exact) mass is 528 g/mol. The Kier molecular flexibility index (Phi) is 10.6. The Morgan fingerprint density at radius 1 is 0.972 bits per heavy atom.